The molecule has 1 aromatic heterocycles. The molecule has 2 atom stereocenters. The van der Waals surface area contributed by atoms with Crippen LogP contribution in [0.25, 0.3) is 121 Å². The van der Waals surface area contributed by atoms with Crippen molar-refractivity contribution in [1.82, 2.24) is 0 Å². The van der Waals surface area contributed by atoms with Gasteiger partial charge in [-0.25, -0.2) is 17.6 Å². The molecule has 0 aliphatic heterocycles. The second-order valence-corrected chi connectivity index (χ2v) is 32.4. The molecule has 2 unspecified atom stereocenters. The predicted octanol–water partition coefficient (Wildman–Crippen LogP) is 31.6. The molecule has 574 valence electrons. The van der Waals surface area contributed by atoms with Crippen LogP contribution in [0.2, 0.25) is 0 Å². The number of rotatable bonds is 18. The van der Waals surface area contributed by atoms with Crippen molar-refractivity contribution < 1.29 is 17.6 Å². The summed E-state index contributed by atoms with van der Waals surface area (Å²) in [5, 5.41) is 2.14. The van der Waals surface area contributed by atoms with Gasteiger partial charge in [0, 0.05) is 54.3 Å². The lowest BCUT2D eigenvalue weighted by molar-refractivity contribution is 0.624. The van der Waals surface area contributed by atoms with Gasteiger partial charge in [0.25, 0.3) is 0 Å². The quantitative estimate of drug-likeness (QED) is 0.0790. The molecular formula is C114H74F4N2S. The average Bonchev–Trinajstić information content (AvgIpc) is 1.54. The summed E-state index contributed by atoms with van der Waals surface area (Å²) in [6.45, 7) is 8.00. The van der Waals surface area contributed by atoms with Crippen molar-refractivity contribution in [3.05, 3.63) is 505 Å². The molecule has 0 saturated carbocycles. The summed E-state index contributed by atoms with van der Waals surface area (Å²) in [7, 11) is 0. The van der Waals surface area contributed by atoms with Gasteiger partial charge in [-0.3, -0.25) is 0 Å². The molecule has 0 saturated heterocycles. The number of anilines is 6. The third-order valence-electron chi connectivity index (χ3n) is 24.7. The Bertz CT molecular complexity index is 6790. The lowest BCUT2D eigenvalue weighted by Crippen LogP contribution is -2.29. The van der Waals surface area contributed by atoms with Crippen molar-refractivity contribution in [2.45, 2.75) is 10.8 Å². The second kappa shape index (κ2) is 30.2. The normalized spacial score (nSPS) is 14.2. The molecule has 0 N–H and O–H groups in total. The van der Waals surface area contributed by atoms with E-state index in [0.717, 1.165) is 199 Å². The number of benzene rings is 18. The van der Waals surface area contributed by atoms with Crippen LogP contribution in [0.1, 0.15) is 55.6 Å². The highest BCUT2D eigenvalue weighted by Crippen LogP contribution is 2.60. The minimum absolute atomic E-state index is 0.281. The highest BCUT2D eigenvalue weighted by Gasteiger charge is 2.48. The summed E-state index contributed by atoms with van der Waals surface area (Å²) in [6, 6.07) is 141. The molecule has 2 aliphatic rings. The van der Waals surface area contributed by atoms with Gasteiger partial charge in [0.05, 0.1) is 10.8 Å². The Kier molecular flexibility index (Phi) is 18.3. The van der Waals surface area contributed by atoms with E-state index in [1.807, 2.05) is 60.7 Å². The molecule has 0 spiro atoms. The third-order valence-corrected chi connectivity index (χ3v) is 25.8. The van der Waals surface area contributed by atoms with Gasteiger partial charge >= 0.3 is 0 Å². The van der Waals surface area contributed by atoms with Crippen LogP contribution >= 0.6 is 11.3 Å². The molecule has 0 amide bonds. The lowest BCUT2D eigenvalue weighted by Gasteiger charge is -2.35. The van der Waals surface area contributed by atoms with E-state index in [4.69, 9.17) is 0 Å². The number of nitrogens with zero attached hydrogens (tertiary/aromatic N) is 2. The first-order chi connectivity index (χ1) is 59.4. The smallest absolute Gasteiger partial charge is 0.123 e. The molecule has 0 bridgehead atoms. The van der Waals surface area contributed by atoms with Crippen LogP contribution in [0.5, 0.6) is 0 Å². The van der Waals surface area contributed by atoms with Crippen molar-refractivity contribution in [2.75, 3.05) is 9.80 Å². The minimum atomic E-state index is -0.894. The molecule has 121 heavy (non-hydrogen) atoms. The molecule has 18 aromatic carbocycles. The Balaban J connectivity index is 0.744. The van der Waals surface area contributed by atoms with Crippen molar-refractivity contribution >= 4 is 77.8 Å². The van der Waals surface area contributed by atoms with Gasteiger partial charge in [-0.15, -0.1) is 11.3 Å². The maximum absolute atomic E-state index is 15.6. The van der Waals surface area contributed by atoms with Crippen molar-refractivity contribution in [1.29, 1.82) is 0 Å². The molecule has 21 rings (SSSR count). The first kappa shape index (κ1) is 73.6. The fraction of sp³-hybridized carbons (Fsp3) is 0.0175. The Hall–Kier alpha value is -15.0. The zero-order valence-corrected chi connectivity index (χ0v) is 66.5. The van der Waals surface area contributed by atoms with Gasteiger partial charge in [-0.1, -0.05) is 292 Å². The fourth-order valence-electron chi connectivity index (χ4n) is 18.8. The van der Waals surface area contributed by atoms with E-state index in [-0.39, 0.29) is 23.3 Å². The molecule has 2 aliphatic carbocycles. The number of fused-ring (bicyclic) bond motifs is 9. The number of halogens is 4. The summed E-state index contributed by atoms with van der Waals surface area (Å²) in [6.07, 6.45) is 3.71. The summed E-state index contributed by atoms with van der Waals surface area (Å²) in [5.41, 5.74) is 30.7. The Morgan fingerprint density at radius 2 is 0.471 bits per heavy atom. The van der Waals surface area contributed by atoms with E-state index < -0.39 is 10.8 Å². The molecular weight excluding hydrogens is 1510 g/mol. The lowest BCUT2D eigenvalue weighted by atomic mass is 9.67. The van der Waals surface area contributed by atoms with Crippen LogP contribution in [-0.2, 0) is 10.8 Å². The van der Waals surface area contributed by atoms with Crippen LogP contribution in [0.3, 0.4) is 0 Å². The first-order valence-electron chi connectivity index (χ1n) is 40.6. The average molecular weight is 1580 g/mol. The molecule has 19 aromatic rings. The zero-order valence-electron chi connectivity index (χ0n) is 65.6. The second-order valence-electron chi connectivity index (χ2n) is 31.3. The SMILES string of the molecule is C=Cc1ccc(-c2ccc(C3(c4ccc(F)cc4)c4ccccc4-c4ccc(N(c5ccc(-c6cccc(-c7ccc(F)cc7)c6)cc5)c5ccc6sc7ccc(N(c8ccc(-c9cccc(-c%10ccc(F)cc%10)c9)cc8)c8ccc9c(c8)C(c8ccc(F)cc8)(c8ccc(-c%10ccc(C=C)cc%10)cc8)c8ccccc8-9)cc7c6c5)cc43)cc2)cc1. The summed E-state index contributed by atoms with van der Waals surface area (Å²) in [5.74, 6) is -1.19. The van der Waals surface area contributed by atoms with Crippen molar-refractivity contribution in [2.24, 2.45) is 0 Å². The molecule has 2 nitrogen and oxygen atoms in total. The van der Waals surface area contributed by atoms with Gasteiger partial charge < -0.3 is 9.80 Å². The van der Waals surface area contributed by atoms with E-state index in [1.165, 1.54) is 24.3 Å². The van der Waals surface area contributed by atoms with E-state index in [0.29, 0.717) is 0 Å². The summed E-state index contributed by atoms with van der Waals surface area (Å²) >= 11 is 1.76. The van der Waals surface area contributed by atoms with Gasteiger partial charge in [0.1, 0.15) is 23.3 Å². The van der Waals surface area contributed by atoms with Crippen LogP contribution in [-0.4, -0.2) is 0 Å². The standard InChI is InChI=1S/C114H74F4N2S/c1-3-73-19-23-75(24-20-73)77-27-39-87(40-28-77)113(89-43-51-93(117)52-44-89)107-17-7-5-15-101(107)103-63-59-99(71-109(103)113)119(95-55-35-81(36-56-95)85-13-9-11-83(67-85)79-31-47-91(115)48-32-79)97-61-65-111-105(69-97)106-70-98(62-66-112(106)121-111)120(96-57-37-82(38-58-96)86-14-10-12-84(68-86)80-33-49-92(116)50-34-80)100-60-64-104-102-16-6-8-18-108(102)114(110(104)72-100,90-45-53-94(118)54-46-90)88-41-29-78(30-42-88)76-25-21-74(4-2)22-26-76/h3-72H,1-2H2. The minimum Gasteiger partial charge on any atom is -0.310 e. The zero-order chi connectivity index (χ0) is 81.5. The fourth-order valence-corrected chi connectivity index (χ4v) is 19.9. The van der Waals surface area contributed by atoms with Gasteiger partial charge in [-0.05, 0) is 290 Å². The van der Waals surface area contributed by atoms with Crippen LogP contribution in [0.4, 0.5) is 51.7 Å². The third kappa shape index (κ3) is 12.8. The largest absolute Gasteiger partial charge is 0.310 e. The number of hydrogen-bond donors (Lipinski definition) is 0. The Labute approximate surface area is 704 Å². The Morgan fingerprint density at radius 3 is 0.810 bits per heavy atom. The monoisotopic (exact) mass is 1580 g/mol. The van der Waals surface area contributed by atoms with E-state index in [9.17, 15) is 8.78 Å². The summed E-state index contributed by atoms with van der Waals surface area (Å²) in [4.78, 5) is 4.74. The maximum Gasteiger partial charge on any atom is 0.123 e. The van der Waals surface area contributed by atoms with E-state index in [1.54, 1.807) is 35.6 Å². The summed E-state index contributed by atoms with van der Waals surface area (Å²) < 4.78 is 61.9. The van der Waals surface area contributed by atoms with E-state index in [2.05, 4.69) is 338 Å². The molecule has 7 heteroatoms. The van der Waals surface area contributed by atoms with Crippen LogP contribution in [0, 0.1) is 23.3 Å². The first-order valence-corrected chi connectivity index (χ1v) is 41.4. The van der Waals surface area contributed by atoms with Gasteiger partial charge in [0.15, 0.2) is 0 Å². The van der Waals surface area contributed by atoms with Gasteiger partial charge in [-0.2, -0.15) is 0 Å². The topological polar surface area (TPSA) is 6.48 Å². The van der Waals surface area contributed by atoms with Crippen molar-refractivity contribution in [3.63, 3.8) is 0 Å². The number of hydrogen-bond acceptors (Lipinski definition) is 3. The van der Waals surface area contributed by atoms with Crippen molar-refractivity contribution in [3.8, 4) is 89.0 Å². The highest BCUT2D eigenvalue weighted by molar-refractivity contribution is 7.25. The molecule has 0 radical (unpaired) electrons. The highest BCUT2D eigenvalue weighted by atomic mass is 32.1. The molecule has 0 fully saturated rings. The molecule has 1 heterocycles. The Morgan fingerprint density at radius 1 is 0.215 bits per heavy atom. The number of thiophene rings is 1. The van der Waals surface area contributed by atoms with Gasteiger partial charge in [0.2, 0.25) is 0 Å². The van der Waals surface area contributed by atoms with Crippen LogP contribution in [0.15, 0.2) is 426 Å². The van der Waals surface area contributed by atoms with E-state index >= 15 is 8.78 Å². The maximum atomic E-state index is 15.6. The van der Waals surface area contributed by atoms with Crippen LogP contribution < -0.4 is 9.80 Å². The predicted molar refractivity (Wildman–Crippen MR) is 496 cm³/mol.